The number of nitro benzene ring substituents is 1. The van der Waals surface area contributed by atoms with Gasteiger partial charge in [0.05, 0.1) is 22.1 Å². The van der Waals surface area contributed by atoms with E-state index in [4.69, 9.17) is 0 Å². The van der Waals surface area contributed by atoms with E-state index in [0.29, 0.717) is 17.4 Å². The number of aromatic nitrogens is 1. The third kappa shape index (κ3) is 2.94. The van der Waals surface area contributed by atoms with Gasteiger partial charge in [0.25, 0.3) is 5.69 Å². The summed E-state index contributed by atoms with van der Waals surface area (Å²) >= 11 is 0. The molecule has 0 amide bonds. The van der Waals surface area contributed by atoms with Crippen LogP contribution in [0.15, 0.2) is 24.4 Å². The summed E-state index contributed by atoms with van der Waals surface area (Å²) in [5, 5.41) is 14.4. The Hall–Kier alpha value is -2.24. The summed E-state index contributed by atoms with van der Waals surface area (Å²) in [5.41, 5.74) is 0.321. The number of pyridine rings is 1. The van der Waals surface area contributed by atoms with Gasteiger partial charge in [-0.15, -0.1) is 0 Å². The fourth-order valence-corrected chi connectivity index (χ4v) is 2.52. The summed E-state index contributed by atoms with van der Waals surface area (Å²) in [7, 11) is 0. The third-order valence-electron chi connectivity index (χ3n) is 3.81. The molecule has 0 atom stereocenters. The second-order valence-electron chi connectivity index (χ2n) is 5.42. The van der Waals surface area contributed by atoms with E-state index in [1.54, 1.807) is 12.1 Å². The lowest BCUT2D eigenvalue weighted by atomic mass is 10.1. The summed E-state index contributed by atoms with van der Waals surface area (Å²) in [6, 6.07) is 4.17. The average molecular weight is 289 g/mol. The second-order valence-corrected chi connectivity index (χ2v) is 5.42. The Bertz CT molecular complexity index is 686. The molecule has 5 nitrogen and oxygen atoms in total. The van der Waals surface area contributed by atoms with Gasteiger partial charge in [-0.3, -0.25) is 15.1 Å². The molecule has 1 aromatic heterocycles. The van der Waals surface area contributed by atoms with E-state index in [2.05, 4.69) is 10.3 Å². The summed E-state index contributed by atoms with van der Waals surface area (Å²) in [6.07, 6.45) is 6.23. The molecular weight excluding hydrogens is 273 g/mol. The number of anilines is 1. The molecule has 0 unspecified atom stereocenters. The zero-order chi connectivity index (χ0) is 14.8. The van der Waals surface area contributed by atoms with Crippen LogP contribution in [-0.2, 0) is 0 Å². The Morgan fingerprint density at radius 1 is 1.48 bits per heavy atom. The molecule has 1 N–H and O–H groups in total. The van der Waals surface area contributed by atoms with E-state index in [1.165, 1.54) is 19.0 Å². The Labute approximate surface area is 121 Å². The van der Waals surface area contributed by atoms with Crippen molar-refractivity contribution in [2.24, 2.45) is 5.92 Å². The largest absolute Gasteiger partial charge is 0.381 e. The number of fused-ring (bicyclic) bond motifs is 1. The van der Waals surface area contributed by atoms with Crippen molar-refractivity contribution in [1.82, 2.24) is 4.98 Å². The van der Waals surface area contributed by atoms with Crippen LogP contribution in [0.5, 0.6) is 0 Å². The minimum atomic E-state index is -0.626. The predicted octanol–water partition coefficient (Wildman–Crippen LogP) is 3.88. The van der Waals surface area contributed by atoms with Gasteiger partial charge in [0.2, 0.25) is 0 Å². The van der Waals surface area contributed by atoms with Gasteiger partial charge in [-0.2, -0.15) is 0 Å². The fourth-order valence-electron chi connectivity index (χ4n) is 2.52. The first-order valence-electron chi connectivity index (χ1n) is 7.12. The van der Waals surface area contributed by atoms with Crippen LogP contribution in [0.1, 0.15) is 25.7 Å². The molecule has 1 aliphatic rings. The van der Waals surface area contributed by atoms with Crippen molar-refractivity contribution in [3.8, 4) is 0 Å². The van der Waals surface area contributed by atoms with Gasteiger partial charge in [-0.05, 0) is 30.9 Å². The van der Waals surface area contributed by atoms with Crippen molar-refractivity contribution in [3.05, 3.63) is 40.3 Å². The summed E-state index contributed by atoms with van der Waals surface area (Å²) in [4.78, 5) is 14.5. The predicted molar refractivity (Wildman–Crippen MR) is 78.8 cm³/mol. The monoisotopic (exact) mass is 289 g/mol. The SMILES string of the molecule is O=[N+]([O-])c1cc(F)c(NCCCC2CC2)c2ncccc12. The molecule has 0 bridgehead atoms. The molecule has 6 heteroatoms. The molecule has 1 aromatic carbocycles. The van der Waals surface area contributed by atoms with Crippen LogP contribution in [0.4, 0.5) is 15.8 Å². The second kappa shape index (κ2) is 5.63. The Kier molecular flexibility index (Phi) is 3.68. The number of hydrogen-bond donors (Lipinski definition) is 1. The van der Waals surface area contributed by atoms with Crippen molar-refractivity contribution in [3.63, 3.8) is 0 Å². The lowest BCUT2D eigenvalue weighted by Gasteiger charge is -2.10. The third-order valence-corrected chi connectivity index (χ3v) is 3.81. The van der Waals surface area contributed by atoms with E-state index in [-0.39, 0.29) is 11.4 Å². The highest BCUT2D eigenvalue weighted by Crippen LogP contribution is 2.34. The summed E-state index contributed by atoms with van der Waals surface area (Å²) in [6.45, 7) is 0.650. The van der Waals surface area contributed by atoms with Gasteiger partial charge in [0.1, 0.15) is 5.52 Å². The summed E-state index contributed by atoms with van der Waals surface area (Å²) < 4.78 is 14.1. The van der Waals surface area contributed by atoms with Gasteiger partial charge in [-0.25, -0.2) is 4.39 Å². The molecule has 0 radical (unpaired) electrons. The Balaban J connectivity index is 1.88. The highest BCUT2D eigenvalue weighted by atomic mass is 19.1. The standard InChI is InChI=1S/C15H16FN3O2/c16-12-9-13(19(20)21)11-4-2-8-17-14(11)15(12)18-7-1-3-10-5-6-10/h2,4,8-10,18H,1,3,5-7H2. The van der Waals surface area contributed by atoms with E-state index in [9.17, 15) is 14.5 Å². The molecule has 110 valence electrons. The van der Waals surface area contributed by atoms with Gasteiger partial charge < -0.3 is 5.32 Å². The number of hydrogen-bond acceptors (Lipinski definition) is 4. The first-order valence-corrected chi connectivity index (χ1v) is 7.12. The van der Waals surface area contributed by atoms with Crippen molar-refractivity contribution in [2.45, 2.75) is 25.7 Å². The number of nitrogens with zero attached hydrogens (tertiary/aromatic N) is 2. The molecular formula is C15H16FN3O2. The molecule has 0 aliphatic heterocycles. The van der Waals surface area contributed by atoms with Crippen molar-refractivity contribution < 1.29 is 9.31 Å². The van der Waals surface area contributed by atoms with E-state index in [0.717, 1.165) is 24.8 Å². The highest BCUT2D eigenvalue weighted by Gasteiger charge is 2.21. The number of nitro groups is 1. The lowest BCUT2D eigenvalue weighted by Crippen LogP contribution is -2.06. The van der Waals surface area contributed by atoms with Gasteiger partial charge in [-0.1, -0.05) is 12.8 Å². The number of halogens is 1. The molecule has 2 aromatic rings. The van der Waals surface area contributed by atoms with Crippen molar-refractivity contribution in [2.75, 3.05) is 11.9 Å². The maximum absolute atomic E-state index is 14.1. The first-order chi connectivity index (χ1) is 10.2. The molecule has 21 heavy (non-hydrogen) atoms. The van der Waals surface area contributed by atoms with E-state index < -0.39 is 10.7 Å². The maximum Gasteiger partial charge on any atom is 0.281 e. The zero-order valence-electron chi connectivity index (χ0n) is 11.5. The van der Waals surface area contributed by atoms with Gasteiger partial charge in [0, 0.05) is 12.7 Å². The topological polar surface area (TPSA) is 68.1 Å². The molecule has 1 saturated carbocycles. The van der Waals surface area contributed by atoms with Crippen LogP contribution in [0.3, 0.4) is 0 Å². The molecule has 3 rings (SSSR count). The quantitative estimate of drug-likeness (QED) is 0.497. The Morgan fingerprint density at radius 2 is 2.29 bits per heavy atom. The fraction of sp³-hybridized carbons (Fsp3) is 0.400. The molecule has 1 aliphatic carbocycles. The molecule has 1 fully saturated rings. The van der Waals surface area contributed by atoms with Crippen LogP contribution in [0, 0.1) is 21.8 Å². The van der Waals surface area contributed by atoms with Crippen LogP contribution in [0.2, 0.25) is 0 Å². The number of non-ortho nitro benzene ring substituents is 1. The first kappa shape index (κ1) is 13.7. The Morgan fingerprint density at radius 3 is 3.00 bits per heavy atom. The van der Waals surface area contributed by atoms with Gasteiger partial charge >= 0.3 is 0 Å². The lowest BCUT2D eigenvalue weighted by molar-refractivity contribution is -0.383. The maximum atomic E-state index is 14.1. The van der Waals surface area contributed by atoms with E-state index in [1.807, 2.05) is 0 Å². The number of benzene rings is 1. The zero-order valence-corrected chi connectivity index (χ0v) is 11.5. The van der Waals surface area contributed by atoms with Crippen molar-refractivity contribution in [1.29, 1.82) is 0 Å². The normalized spacial score (nSPS) is 14.3. The van der Waals surface area contributed by atoms with Crippen LogP contribution in [-0.4, -0.2) is 16.5 Å². The van der Waals surface area contributed by atoms with Gasteiger partial charge in [0.15, 0.2) is 5.82 Å². The minimum Gasteiger partial charge on any atom is -0.381 e. The molecule has 0 saturated heterocycles. The highest BCUT2D eigenvalue weighted by molar-refractivity contribution is 5.97. The summed E-state index contributed by atoms with van der Waals surface area (Å²) in [5.74, 6) is 0.211. The van der Waals surface area contributed by atoms with Crippen molar-refractivity contribution >= 4 is 22.3 Å². The number of rotatable bonds is 6. The van der Waals surface area contributed by atoms with Crippen LogP contribution < -0.4 is 5.32 Å². The molecule has 0 spiro atoms. The molecule has 1 heterocycles. The number of nitrogens with one attached hydrogen (secondary N) is 1. The van der Waals surface area contributed by atoms with Crippen LogP contribution in [0.25, 0.3) is 10.9 Å². The average Bonchev–Trinajstić information content (AvgIpc) is 3.28. The van der Waals surface area contributed by atoms with Crippen LogP contribution >= 0.6 is 0 Å². The minimum absolute atomic E-state index is 0.251. The smallest absolute Gasteiger partial charge is 0.281 e. The van der Waals surface area contributed by atoms with E-state index >= 15 is 0 Å².